The lowest BCUT2D eigenvalue weighted by atomic mass is 10.1. The van der Waals surface area contributed by atoms with Gasteiger partial charge in [-0.25, -0.2) is 0 Å². The molecule has 0 aromatic heterocycles. The minimum absolute atomic E-state index is 0.759. The fourth-order valence-corrected chi connectivity index (χ4v) is 3.99. The zero-order valence-corrected chi connectivity index (χ0v) is 10.7. The SMILES string of the molecule is CCCC1CN(CC2CCCS2)CCN1. The van der Waals surface area contributed by atoms with Crippen LogP contribution in [0.15, 0.2) is 0 Å². The van der Waals surface area contributed by atoms with Gasteiger partial charge in [-0.2, -0.15) is 11.8 Å². The van der Waals surface area contributed by atoms with Gasteiger partial charge in [0.2, 0.25) is 0 Å². The van der Waals surface area contributed by atoms with E-state index in [-0.39, 0.29) is 0 Å². The summed E-state index contributed by atoms with van der Waals surface area (Å²) in [6.45, 7) is 7.37. The van der Waals surface area contributed by atoms with Crippen LogP contribution in [0.1, 0.15) is 32.6 Å². The first kappa shape index (κ1) is 11.7. The number of nitrogens with one attached hydrogen (secondary N) is 1. The molecule has 0 spiro atoms. The second kappa shape index (κ2) is 6.12. The van der Waals surface area contributed by atoms with Crippen LogP contribution < -0.4 is 5.32 Å². The highest BCUT2D eigenvalue weighted by atomic mass is 32.2. The highest BCUT2D eigenvalue weighted by Gasteiger charge is 2.23. The fraction of sp³-hybridized carbons (Fsp3) is 1.00. The third-order valence-electron chi connectivity index (χ3n) is 3.46. The van der Waals surface area contributed by atoms with Gasteiger partial charge in [-0.3, -0.25) is 4.90 Å². The molecule has 2 aliphatic rings. The summed E-state index contributed by atoms with van der Waals surface area (Å²) in [5.41, 5.74) is 0. The normalized spacial score (nSPS) is 33.4. The Bertz CT molecular complexity index is 178. The van der Waals surface area contributed by atoms with Crippen molar-refractivity contribution in [3.05, 3.63) is 0 Å². The summed E-state index contributed by atoms with van der Waals surface area (Å²) in [5.74, 6) is 1.40. The molecule has 2 nitrogen and oxygen atoms in total. The molecule has 2 saturated heterocycles. The maximum absolute atomic E-state index is 3.63. The van der Waals surface area contributed by atoms with E-state index >= 15 is 0 Å². The smallest absolute Gasteiger partial charge is 0.0195 e. The van der Waals surface area contributed by atoms with Crippen LogP contribution in [0.5, 0.6) is 0 Å². The number of hydrogen-bond donors (Lipinski definition) is 1. The van der Waals surface area contributed by atoms with E-state index in [0.29, 0.717) is 0 Å². The summed E-state index contributed by atoms with van der Waals surface area (Å²) in [4.78, 5) is 2.68. The van der Waals surface area contributed by atoms with E-state index in [9.17, 15) is 0 Å². The molecule has 0 aliphatic carbocycles. The molecule has 0 amide bonds. The van der Waals surface area contributed by atoms with Gasteiger partial charge in [0.25, 0.3) is 0 Å². The first-order chi connectivity index (χ1) is 7.38. The second-order valence-electron chi connectivity index (χ2n) is 4.83. The molecule has 2 rings (SSSR count). The molecule has 3 heteroatoms. The van der Waals surface area contributed by atoms with Crippen molar-refractivity contribution in [2.45, 2.75) is 43.9 Å². The Morgan fingerprint density at radius 2 is 2.40 bits per heavy atom. The van der Waals surface area contributed by atoms with Crippen LogP contribution in [-0.4, -0.2) is 48.1 Å². The molecule has 88 valence electrons. The Morgan fingerprint density at radius 1 is 1.47 bits per heavy atom. The van der Waals surface area contributed by atoms with Gasteiger partial charge in [0.05, 0.1) is 0 Å². The zero-order chi connectivity index (χ0) is 10.5. The Balaban J connectivity index is 1.71. The summed E-state index contributed by atoms with van der Waals surface area (Å²) >= 11 is 2.19. The Morgan fingerprint density at radius 3 is 3.13 bits per heavy atom. The number of piperazine rings is 1. The fourth-order valence-electron chi connectivity index (χ4n) is 2.68. The minimum Gasteiger partial charge on any atom is -0.311 e. The van der Waals surface area contributed by atoms with Crippen LogP contribution in [0.4, 0.5) is 0 Å². The van der Waals surface area contributed by atoms with E-state index in [1.165, 1.54) is 57.6 Å². The quantitative estimate of drug-likeness (QED) is 0.792. The van der Waals surface area contributed by atoms with E-state index in [1.54, 1.807) is 0 Å². The third kappa shape index (κ3) is 3.65. The minimum atomic E-state index is 0.759. The molecular formula is C12H24N2S. The average Bonchev–Trinajstić information content (AvgIpc) is 2.71. The lowest BCUT2D eigenvalue weighted by Crippen LogP contribution is -2.51. The molecule has 0 radical (unpaired) electrons. The largest absolute Gasteiger partial charge is 0.311 e. The molecule has 15 heavy (non-hydrogen) atoms. The van der Waals surface area contributed by atoms with Gasteiger partial charge in [0, 0.05) is 37.5 Å². The van der Waals surface area contributed by atoms with Gasteiger partial charge in [0.15, 0.2) is 0 Å². The van der Waals surface area contributed by atoms with Crippen molar-refractivity contribution in [1.82, 2.24) is 10.2 Å². The first-order valence-corrected chi connectivity index (χ1v) is 7.50. The van der Waals surface area contributed by atoms with Gasteiger partial charge in [-0.15, -0.1) is 0 Å². The van der Waals surface area contributed by atoms with Gasteiger partial charge >= 0.3 is 0 Å². The lowest BCUT2D eigenvalue weighted by Gasteiger charge is -2.34. The van der Waals surface area contributed by atoms with Crippen molar-refractivity contribution in [1.29, 1.82) is 0 Å². The van der Waals surface area contributed by atoms with Gasteiger partial charge in [-0.05, 0) is 25.0 Å². The molecule has 1 N–H and O–H groups in total. The van der Waals surface area contributed by atoms with Crippen molar-refractivity contribution in [2.24, 2.45) is 0 Å². The molecule has 0 aromatic carbocycles. The van der Waals surface area contributed by atoms with Gasteiger partial charge in [0.1, 0.15) is 0 Å². The predicted octanol–water partition coefficient (Wildman–Crippen LogP) is 1.96. The Kier molecular flexibility index (Phi) is 4.79. The van der Waals surface area contributed by atoms with Crippen molar-refractivity contribution < 1.29 is 0 Å². The monoisotopic (exact) mass is 228 g/mol. The van der Waals surface area contributed by atoms with E-state index in [1.807, 2.05) is 0 Å². The number of rotatable bonds is 4. The van der Waals surface area contributed by atoms with Crippen LogP contribution in [0, 0.1) is 0 Å². The van der Waals surface area contributed by atoms with E-state index < -0.39 is 0 Å². The van der Waals surface area contributed by atoms with Crippen molar-refractivity contribution in [3.63, 3.8) is 0 Å². The van der Waals surface area contributed by atoms with Crippen molar-refractivity contribution in [2.75, 3.05) is 31.9 Å². The van der Waals surface area contributed by atoms with Crippen LogP contribution >= 0.6 is 11.8 Å². The van der Waals surface area contributed by atoms with Crippen LogP contribution in [0.25, 0.3) is 0 Å². The molecule has 2 atom stereocenters. The summed E-state index contributed by atoms with van der Waals surface area (Å²) in [6, 6.07) is 0.759. The number of hydrogen-bond acceptors (Lipinski definition) is 3. The first-order valence-electron chi connectivity index (χ1n) is 6.46. The standard InChI is InChI=1S/C12H24N2S/c1-2-4-11-9-14(7-6-13-11)10-12-5-3-8-15-12/h11-13H,2-10H2,1H3. The van der Waals surface area contributed by atoms with E-state index in [4.69, 9.17) is 0 Å². The average molecular weight is 228 g/mol. The molecule has 2 heterocycles. The van der Waals surface area contributed by atoms with Gasteiger partial charge in [-0.1, -0.05) is 13.3 Å². The van der Waals surface area contributed by atoms with Crippen molar-refractivity contribution in [3.8, 4) is 0 Å². The van der Waals surface area contributed by atoms with Crippen LogP contribution in [0.2, 0.25) is 0 Å². The maximum atomic E-state index is 3.63. The van der Waals surface area contributed by atoms with Gasteiger partial charge < -0.3 is 5.32 Å². The van der Waals surface area contributed by atoms with Crippen LogP contribution in [-0.2, 0) is 0 Å². The Hall–Kier alpha value is 0.270. The molecule has 0 saturated carbocycles. The second-order valence-corrected chi connectivity index (χ2v) is 6.24. The highest BCUT2D eigenvalue weighted by molar-refractivity contribution is 8.00. The highest BCUT2D eigenvalue weighted by Crippen LogP contribution is 2.27. The van der Waals surface area contributed by atoms with E-state index in [2.05, 4.69) is 28.9 Å². The third-order valence-corrected chi connectivity index (χ3v) is 4.84. The maximum Gasteiger partial charge on any atom is 0.0195 e. The molecule has 2 fully saturated rings. The van der Waals surface area contributed by atoms with Crippen LogP contribution in [0.3, 0.4) is 0 Å². The molecule has 0 bridgehead atoms. The zero-order valence-electron chi connectivity index (χ0n) is 9.87. The molecule has 2 unspecified atom stereocenters. The predicted molar refractivity (Wildman–Crippen MR) is 68.6 cm³/mol. The molecular weight excluding hydrogens is 204 g/mol. The lowest BCUT2D eigenvalue weighted by molar-refractivity contribution is 0.194. The summed E-state index contributed by atoms with van der Waals surface area (Å²) < 4.78 is 0. The van der Waals surface area contributed by atoms with E-state index in [0.717, 1.165) is 11.3 Å². The molecule has 0 aromatic rings. The summed E-state index contributed by atoms with van der Waals surface area (Å²) in [7, 11) is 0. The topological polar surface area (TPSA) is 15.3 Å². The summed E-state index contributed by atoms with van der Waals surface area (Å²) in [5, 5.41) is 4.56. The van der Waals surface area contributed by atoms with Crippen molar-refractivity contribution >= 4 is 11.8 Å². The number of thioether (sulfide) groups is 1. The molecule has 2 aliphatic heterocycles. The Labute approximate surface area is 98.2 Å². The summed E-state index contributed by atoms with van der Waals surface area (Å²) in [6.07, 6.45) is 5.55. The number of nitrogens with zero attached hydrogens (tertiary/aromatic N) is 1.